The average molecular weight is 344 g/mol. The molecular formula is C15H19F3N4O2. The van der Waals surface area contributed by atoms with Crippen LogP contribution in [0.15, 0.2) is 18.6 Å². The lowest BCUT2D eigenvalue weighted by molar-refractivity contribution is -0.253. The van der Waals surface area contributed by atoms with Gasteiger partial charge in [-0.3, -0.25) is 9.78 Å². The minimum Gasteiger partial charge on any atom is -0.379 e. The van der Waals surface area contributed by atoms with Gasteiger partial charge in [-0.1, -0.05) is 0 Å². The zero-order valence-electron chi connectivity index (χ0n) is 13.0. The van der Waals surface area contributed by atoms with E-state index in [4.69, 9.17) is 0 Å². The van der Waals surface area contributed by atoms with E-state index < -0.39 is 24.7 Å². The lowest BCUT2D eigenvalue weighted by Gasteiger charge is -2.34. The maximum Gasteiger partial charge on any atom is 0.419 e. The second kappa shape index (κ2) is 6.19. The Morgan fingerprint density at radius 2 is 1.96 bits per heavy atom. The summed E-state index contributed by atoms with van der Waals surface area (Å²) in [7, 11) is 0. The van der Waals surface area contributed by atoms with Crippen molar-refractivity contribution in [3.63, 3.8) is 0 Å². The highest BCUT2D eigenvalue weighted by Gasteiger charge is 2.58. The summed E-state index contributed by atoms with van der Waals surface area (Å²) in [5, 5.41) is 9.69. The fourth-order valence-corrected chi connectivity index (χ4v) is 3.28. The Labute approximate surface area is 137 Å². The van der Waals surface area contributed by atoms with E-state index in [1.807, 2.05) is 4.90 Å². The molecule has 0 spiro atoms. The number of nitrogens with zero attached hydrogens (tertiary/aromatic N) is 4. The summed E-state index contributed by atoms with van der Waals surface area (Å²) < 4.78 is 38.6. The topological polar surface area (TPSA) is 69.6 Å². The summed E-state index contributed by atoms with van der Waals surface area (Å²) in [6.07, 6.45) is 0.751. The number of carbonyl (C=O) groups is 1. The van der Waals surface area contributed by atoms with Crippen LogP contribution in [0.1, 0.15) is 19.3 Å². The Hall–Kier alpha value is -1.90. The number of anilines is 1. The van der Waals surface area contributed by atoms with Crippen molar-refractivity contribution >= 4 is 11.7 Å². The average Bonchev–Trinajstić information content (AvgIpc) is 2.99. The molecule has 1 atom stereocenters. The van der Waals surface area contributed by atoms with Gasteiger partial charge in [0.25, 0.3) is 0 Å². The number of likely N-dealkylation sites (tertiary alicyclic amines) is 1. The van der Waals surface area contributed by atoms with Crippen molar-refractivity contribution in [1.29, 1.82) is 0 Å². The molecular weight excluding hydrogens is 325 g/mol. The number of β-amino-alcohol motifs (C(OH)–C–C–N with tert-alkyl or cyclic N) is 1. The predicted molar refractivity (Wildman–Crippen MR) is 79.2 cm³/mol. The van der Waals surface area contributed by atoms with E-state index in [0.29, 0.717) is 25.9 Å². The highest BCUT2D eigenvalue weighted by molar-refractivity contribution is 5.79. The number of aliphatic hydroxyl groups is 1. The number of hydrogen-bond acceptors (Lipinski definition) is 5. The van der Waals surface area contributed by atoms with Gasteiger partial charge in [0.2, 0.25) is 5.91 Å². The zero-order chi connectivity index (χ0) is 17.4. The standard InChI is InChI=1S/C15H19F3N4O2/c16-15(17,18)14(24)3-8-22(10-14)13(23)11-1-6-21(7-2-11)12-9-19-4-5-20-12/h4-5,9,11,24H,1-3,6-8,10H2. The van der Waals surface area contributed by atoms with E-state index >= 15 is 0 Å². The minimum atomic E-state index is -4.71. The van der Waals surface area contributed by atoms with Gasteiger partial charge in [-0.2, -0.15) is 13.2 Å². The normalized spacial score (nSPS) is 26.0. The molecule has 0 bridgehead atoms. The molecule has 1 amide bonds. The van der Waals surface area contributed by atoms with Crippen molar-refractivity contribution in [3.05, 3.63) is 18.6 Å². The SMILES string of the molecule is O=C(C1CCN(c2cnccn2)CC1)N1CCC(O)(C(F)(F)F)C1. The van der Waals surface area contributed by atoms with Gasteiger partial charge in [0.15, 0.2) is 5.60 Å². The van der Waals surface area contributed by atoms with Gasteiger partial charge in [-0.15, -0.1) is 0 Å². The first-order valence-corrected chi connectivity index (χ1v) is 7.89. The summed E-state index contributed by atoms with van der Waals surface area (Å²) in [6.45, 7) is 0.484. The minimum absolute atomic E-state index is 0.0563. The highest BCUT2D eigenvalue weighted by Crippen LogP contribution is 2.38. The number of piperidine rings is 1. The van der Waals surface area contributed by atoms with Gasteiger partial charge in [0.05, 0.1) is 12.7 Å². The summed E-state index contributed by atoms with van der Waals surface area (Å²) in [4.78, 5) is 23.8. The molecule has 6 nitrogen and oxygen atoms in total. The molecule has 0 radical (unpaired) electrons. The molecule has 132 valence electrons. The molecule has 24 heavy (non-hydrogen) atoms. The van der Waals surface area contributed by atoms with E-state index in [0.717, 1.165) is 10.7 Å². The van der Waals surface area contributed by atoms with Gasteiger partial charge >= 0.3 is 6.18 Å². The molecule has 3 rings (SSSR count). The fraction of sp³-hybridized carbons (Fsp3) is 0.667. The molecule has 2 fully saturated rings. The Kier molecular flexibility index (Phi) is 4.37. The van der Waals surface area contributed by atoms with E-state index in [-0.39, 0.29) is 18.4 Å². The van der Waals surface area contributed by atoms with Gasteiger partial charge in [-0.25, -0.2) is 4.98 Å². The zero-order valence-corrected chi connectivity index (χ0v) is 13.0. The van der Waals surface area contributed by atoms with Gasteiger partial charge in [0, 0.05) is 44.4 Å². The number of halogens is 3. The summed E-state index contributed by atoms with van der Waals surface area (Å²) in [6, 6.07) is 0. The number of alkyl halides is 3. The third-order valence-corrected chi connectivity index (χ3v) is 4.80. The molecule has 0 aromatic carbocycles. The van der Waals surface area contributed by atoms with Crippen LogP contribution in [0.25, 0.3) is 0 Å². The molecule has 0 aliphatic carbocycles. The van der Waals surface area contributed by atoms with Gasteiger partial charge < -0.3 is 14.9 Å². The summed E-state index contributed by atoms with van der Waals surface area (Å²) in [5.41, 5.74) is -2.77. The van der Waals surface area contributed by atoms with Gasteiger partial charge in [0.1, 0.15) is 5.82 Å². The van der Waals surface area contributed by atoms with Crippen molar-refractivity contribution < 1.29 is 23.1 Å². The van der Waals surface area contributed by atoms with Crippen LogP contribution in [-0.4, -0.2) is 63.8 Å². The van der Waals surface area contributed by atoms with Crippen molar-refractivity contribution in [2.24, 2.45) is 5.92 Å². The smallest absolute Gasteiger partial charge is 0.379 e. The molecule has 2 aliphatic rings. The number of hydrogen-bond donors (Lipinski definition) is 1. The molecule has 2 saturated heterocycles. The molecule has 3 heterocycles. The van der Waals surface area contributed by atoms with Crippen LogP contribution in [0.2, 0.25) is 0 Å². The van der Waals surface area contributed by atoms with Crippen molar-refractivity contribution in [3.8, 4) is 0 Å². The fourth-order valence-electron chi connectivity index (χ4n) is 3.28. The summed E-state index contributed by atoms with van der Waals surface area (Å²) >= 11 is 0. The first-order valence-electron chi connectivity index (χ1n) is 7.89. The molecule has 9 heteroatoms. The molecule has 1 N–H and O–H groups in total. The monoisotopic (exact) mass is 344 g/mol. The van der Waals surface area contributed by atoms with Crippen LogP contribution in [0.5, 0.6) is 0 Å². The number of rotatable bonds is 2. The quantitative estimate of drug-likeness (QED) is 0.874. The molecule has 1 unspecified atom stereocenters. The van der Waals surface area contributed by atoms with Crippen LogP contribution in [-0.2, 0) is 4.79 Å². The largest absolute Gasteiger partial charge is 0.419 e. The maximum absolute atomic E-state index is 12.9. The molecule has 0 saturated carbocycles. The van der Waals surface area contributed by atoms with Crippen LogP contribution >= 0.6 is 0 Å². The predicted octanol–water partition coefficient (Wildman–Crippen LogP) is 1.22. The van der Waals surface area contributed by atoms with E-state index in [1.165, 1.54) is 0 Å². The third kappa shape index (κ3) is 3.17. The molecule has 1 aromatic rings. The van der Waals surface area contributed by atoms with E-state index in [9.17, 15) is 23.1 Å². The lowest BCUT2D eigenvalue weighted by Crippen LogP contribution is -2.49. The Bertz CT molecular complexity index is 590. The Balaban J connectivity index is 1.57. The number of carbonyl (C=O) groups excluding carboxylic acids is 1. The first kappa shape index (κ1) is 16.9. The van der Waals surface area contributed by atoms with Gasteiger partial charge in [-0.05, 0) is 12.8 Å². The lowest BCUT2D eigenvalue weighted by atomic mass is 9.95. The van der Waals surface area contributed by atoms with E-state index in [1.54, 1.807) is 18.6 Å². The molecule has 1 aromatic heterocycles. The van der Waals surface area contributed by atoms with Crippen LogP contribution < -0.4 is 4.90 Å². The van der Waals surface area contributed by atoms with Crippen molar-refractivity contribution in [2.75, 3.05) is 31.1 Å². The Morgan fingerprint density at radius 1 is 1.25 bits per heavy atom. The van der Waals surface area contributed by atoms with E-state index in [2.05, 4.69) is 9.97 Å². The van der Waals surface area contributed by atoms with Crippen LogP contribution in [0.4, 0.5) is 19.0 Å². The third-order valence-electron chi connectivity index (χ3n) is 4.80. The van der Waals surface area contributed by atoms with Crippen LogP contribution in [0.3, 0.4) is 0 Å². The second-order valence-corrected chi connectivity index (χ2v) is 6.36. The first-order chi connectivity index (χ1) is 11.3. The molecule has 2 aliphatic heterocycles. The number of aromatic nitrogens is 2. The second-order valence-electron chi connectivity index (χ2n) is 6.36. The summed E-state index contributed by atoms with van der Waals surface area (Å²) in [5.74, 6) is 0.124. The Morgan fingerprint density at radius 3 is 2.50 bits per heavy atom. The highest BCUT2D eigenvalue weighted by atomic mass is 19.4. The number of amides is 1. The van der Waals surface area contributed by atoms with Crippen LogP contribution in [0, 0.1) is 5.92 Å². The van der Waals surface area contributed by atoms with Crippen molar-refractivity contribution in [2.45, 2.75) is 31.0 Å². The van der Waals surface area contributed by atoms with Crippen molar-refractivity contribution in [1.82, 2.24) is 14.9 Å². The maximum atomic E-state index is 12.9.